The number of nitrogens with zero attached hydrogens (tertiary/aromatic N) is 4. The highest BCUT2D eigenvalue weighted by atomic mass is 19.1. The number of carbonyl (C=O) groups excluding carboxylic acids is 1. The minimum atomic E-state index is -0.523. The molecule has 1 amide bonds. The van der Waals surface area contributed by atoms with E-state index in [0.717, 1.165) is 17.0 Å². The van der Waals surface area contributed by atoms with Gasteiger partial charge in [0.1, 0.15) is 11.4 Å². The van der Waals surface area contributed by atoms with E-state index in [9.17, 15) is 9.18 Å². The van der Waals surface area contributed by atoms with Crippen LogP contribution in [0.15, 0.2) is 48.5 Å². The fraction of sp³-hybridized carbons (Fsp3) is 0.417. The molecule has 0 saturated carbocycles. The Balaban J connectivity index is 1.63. The van der Waals surface area contributed by atoms with Gasteiger partial charge in [-0.05, 0) is 45.9 Å². The molecule has 0 unspecified atom stereocenters. The number of aromatic nitrogens is 2. The van der Waals surface area contributed by atoms with Gasteiger partial charge in [0, 0.05) is 31.2 Å². The van der Waals surface area contributed by atoms with Gasteiger partial charge in [-0.3, -0.25) is 0 Å². The third-order valence-electron chi connectivity index (χ3n) is 5.46. The first-order valence-electron chi connectivity index (χ1n) is 10.7. The van der Waals surface area contributed by atoms with Crippen molar-refractivity contribution in [2.45, 2.75) is 45.9 Å². The third kappa shape index (κ3) is 4.50. The normalized spacial score (nSPS) is 17.3. The van der Waals surface area contributed by atoms with Crippen LogP contribution in [-0.2, 0) is 11.3 Å². The van der Waals surface area contributed by atoms with Gasteiger partial charge in [0.05, 0.1) is 17.6 Å². The number of piperazine rings is 1. The zero-order valence-electron chi connectivity index (χ0n) is 18.5. The van der Waals surface area contributed by atoms with Crippen LogP contribution in [0.4, 0.5) is 15.1 Å². The topological polar surface area (TPSA) is 50.6 Å². The first-order valence-corrected chi connectivity index (χ1v) is 10.7. The number of imidazole rings is 1. The van der Waals surface area contributed by atoms with Gasteiger partial charge in [0.15, 0.2) is 0 Å². The Bertz CT molecular complexity index is 1090. The van der Waals surface area contributed by atoms with Crippen LogP contribution in [0.25, 0.3) is 11.0 Å². The summed E-state index contributed by atoms with van der Waals surface area (Å²) in [6.45, 7) is 9.78. The van der Waals surface area contributed by atoms with Gasteiger partial charge in [-0.1, -0.05) is 30.3 Å². The summed E-state index contributed by atoms with van der Waals surface area (Å²) in [6, 6.07) is 14.8. The summed E-state index contributed by atoms with van der Waals surface area (Å²) in [5.41, 5.74) is 1.93. The maximum absolute atomic E-state index is 14.4. The molecule has 6 nitrogen and oxygen atoms in total. The number of fused-ring (bicyclic) bond motifs is 1. The smallest absolute Gasteiger partial charge is 0.410 e. The van der Waals surface area contributed by atoms with Gasteiger partial charge < -0.3 is 19.1 Å². The molecule has 4 rings (SSSR count). The Morgan fingerprint density at radius 3 is 2.55 bits per heavy atom. The molecular formula is C24H29FN4O2. The molecule has 1 aromatic heterocycles. The molecule has 1 saturated heterocycles. The van der Waals surface area contributed by atoms with Gasteiger partial charge in [0.2, 0.25) is 5.95 Å². The molecule has 1 atom stereocenters. The number of benzene rings is 2. The molecule has 3 aromatic rings. The van der Waals surface area contributed by atoms with Crippen LogP contribution in [0.2, 0.25) is 0 Å². The van der Waals surface area contributed by atoms with Crippen LogP contribution < -0.4 is 4.90 Å². The molecule has 1 aliphatic rings. The van der Waals surface area contributed by atoms with Crippen LogP contribution in [0, 0.1) is 5.82 Å². The molecule has 0 N–H and O–H groups in total. The molecule has 1 fully saturated rings. The zero-order chi connectivity index (χ0) is 22.2. The average Bonchev–Trinajstić information content (AvgIpc) is 3.06. The van der Waals surface area contributed by atoms with Gasteiger partial charge in [0.25, 0.3) is 0 Å². The zero-order valence-corrected chi connectivity index (χ0v) is 18.5. The molecule has 2 heterocycles. The quantitative estimate of drug-likeness (QED) is 0.613. The van der Waals surface area contributed by atoms with Crippen molar-refractivity contribution in [1.82, 2.24) is 14.5 Å². The molecule has 164 valence electrons. The second kappa shape index (κ2) is 8.21. The van der Waals surface area contributed by atoms with E-state index in [1.54, 1.807) is 17.0 Å². The highest BCUT2D eigenvalue weighted by molar-refractivity contribution is 5.79. The second-order valence-electron chi connectivity index (χ2n) is 9.05. The predicted molar refractivity (Wildman–Crippen MR) is 120 cm³/mol. The number of hydrogen-bond acceptors (Lipinski definition) is 4. The fourth-order valence-electron chi connectivity index (χ4n) is 3.98. The highest BCUT2D eigenvalue weighted by Crippen LogP contribution is 2.28. The van der Waals surface area contributed by atoms with Crippen LogP contribution in [0.5, 0.6) is 0 Å². The number of ether oxygens (including phenoxy) is 1. The molecule has 0 spiro atoms. The molecular weight excluding hydrogens is 395 g/mol. The van der Waals surface area contributed by atoms with Gasteiger partial charge >= 0.3 is 6.09 Å². The van der Waals surface area contributed by atoms with Crippen molar-refractivity contribution in [2.24, 2.45) is 0 Å². The lowest BCUT2D eigenvalue weighted by Crippen LogP contribution is -2.55. The summed E-state index contributed by atoms with van der Waals surface area (Å²) < 4.78 is 22.0. The van der Waals surface area contributed by atoms with Crippen molar-refractivity contribution in [3.05, 3.63) is 59.9 Å². The van der Waals surface area contributed by atoms with E-state index in [-0.39, 0.29) is 18.0 Å². The van der Waals surface area contributed by atoms with Crippen molar-refractivity contribution >= 4 is 23.1 Å². The molecule has 2 aromatic carbocycles. The first-order chi connectivity index (χ1) is 14.7. The van der Waals surface area contributed by atoms with Crippen LogP contribution in [0.1, 0.15) is 33.3 Å². The Morgan fingerprint density at radius 2 is 1.84 bits per heavy atom. The van der Waals surface area contributed by atoms with E-state index < -0.39 is 5.60 Å². The fourth-order valence-corrected chi connectivity index (χ4v) is 3.98. The summed E-state index contributed by atoms with van der Waals surface area (Å²) in [4.78, 5) is 21.3. The van der Waals surface area contributed by atoms with E-state index >= 15 is 0 Å². The number of anilines is 1. The molecule has 0 radical (unpaired) electrons. The Kier molecular flexibility index (Phi) is 5.60. The number of amides is 1. The van der Waals surface area contributed by atoms with Crippen LogP contribution in [0.3, 0.4) is 0 Å². The summed E-state index contributed by atoms with van der Waals surface area (Å²) in [7, 11) is 0. The lowest BCUT2D eigenvalue weighted by molar-refractivity contribution is 0.0218. The minimum absolute atomic E-state index is 0.0393. The Morgan fingerprint density at radius 1 is 1.13 bits per heavy atom. The number of hydrogen-bond donors (Lipinski definition) is 0. The van der Waals surface area contributed by atoms with E-state index in [4.69, 9.17) is 9.72 Å². The SMILES string of the molecule is C[C@H]1CN(C(=O)OC(C)(C)C)CCN1c1nc2ccccc2n1Cc1ccccc1F. The second-order valence-corrected chi connectivity index (χ2v) is 9.05. The Labute approximate surface area is 182 Å². The molecule has 0 bridgehead atoms. The number of para-hydroxylation sites is 2. The van der Waals surface area contributed by atoms with E-state index in [2.05, 4.69) is 16.4 Å². The van der Waals surface area contributed by atoms with Gasteiger partial charge in [-0.15, -0.1) is 0 Å². The Hall–Kier alpha value is -3.09. The monoisotopic (exact) mass is 424 g/mol. The molecule has 1 aliphatic heterocycles. The van der Waals surface area contributed by atoms with Crippen LogP contribution in [-0.4, -0.2) is 51.8 Å². The molecule has 7 heteroatoms. The van der Waals surface area contributed by atoms with Crippen molar-refractivity contribution in [3.63, 3.8) is 0 Å². The number of rotatable bonds is 3. The third-order valence-corrected chi connectivity index (χ3v) is 5.46. The number of halogens is 1. The van der Waals surface area contributed by atoms with E-state index in [1.807, 2.05) is 51.1 Å². The predicted octanol–water partition coefficient (Wildman–Crippen LogP) is 4.67. The average molecular weight is 425 g/mol. The largest absolute Gasteiger partial charge is 0.444 e. The first kappa shape index (κ1) is 21.2. The lowest BCUT2D eigenvalue weighted by atomic mass is 10.2. The molecule has 0 aliphatic carbocycles. The van der Waals surface area contributed by atoms with Crippen LogP contribution >= 0.6 is 0 Å². The standard InChI is InChI=1S/C24H29FN4O2/c1-17-15-27(23(30)31-24(2,3)4)13-14-28(17)22-26-20-11-7-8-12-21(20)29(22)16-18-9-5-6-10-19(18)25/h5-12,17H,13-16H2,1-4H3/t17-/m0/s1. The van der Waals surface area contributed by atoms with E-state index in [1.165, 1.54) is 6.07 Å². The van der Waals surface area contributed by atoms with Crippen molar-refractivity contribution in [1.29, 1.82) is 0 Å². The maximum atomic E-state index is 14.4. The van der Waals surface area contributed by atoms with Crippen molar-refractivity contribution in [3.8, 4) is 0 Å². The summed E-state index contributed by atoms with van der Waals surface area (Å²) in [6.07, 6.45) is -0.293. The lowest BCUT2D eigenvalue weighted by Gasteiger charge is -2.40. The minimum Gasteiger partial charge on any atom is -0.444 e. The summed E-state index contributed by atoms with van der Waals surface area (Å²) >= 11 is 0. The summed E-state index contributed by atoms with van der Waals surface area (Å²) in [5, 5.41) is 0. The molecule has 31 heavy (non-hydrogen) atoms. The summed E-state index contributed by atoms with van der Waals surface area (Å²) in [5.74, 6) is 0.565. The van der Waals surface area contributed by atoms with E-state index in [0.29, 0.717) is 31.7 Å². The maximum Gasteiger partial charge on any atom is 0.410 e. The van der Waals surface area contributed by atoms with Gasteiger partial charge in [-0.25, -0.2) is 14.2 Å². The van der Waals surface area contributed by atoms with Gasteiger partial charge in [-0.2, -0.15) is 0 Å². The highest BCUT2D eigenvalue weighted by Gasteiger charge is 2.32. The van der Waals surface area contributed by atoms with Crippen molar-refractivity contribution in [2.75, 3.05) is 24.5 Å². The van der Waals surface area contributed by atoms with Crippen molar-refractivity contribution < 1.29 is 13.9 Å². The number of carbonyl (C=O) groups is 1.